The van der Waals surface area contributed by atoms with Gasteiger partial charge in [-0.15, -0.1) is 0 Å². The van der Waals surface area contributed by atoms with Crippen LogP contribution in [-0.4, -0.2) is 17.2 Å². The Labute approximate surface area is 104 Å². The van der Waals surface area contributed by atoms with Gasteiger partial charge in [0.1, 0.15) is 0 Å². The standard InChI is InChI=1S/C13H15BrN2/c14-12-2-1-3-13-11(12)6-8-16(13)9-7-15-10-4-5-10/h1-3,6,8,10,15H,4-5,7,9H2. The molecule has 2 nitrogen and oxygen atoms in total. The van der Waals surface area contributed by atoms with Crippen molar-refractivity contribution < 1.29 is 0 Å². The summed E-state index contributed by atoms with van der Waals surface area (Å²) < 4.78 is 3.49. The summed E-state index contributed by atoms with van der Waals surface area (Å²) >= 11 is 3.58. The molecule has 1 heterocycles. The molecule has 1 fully saturated rings. The number of hydrogen-bond donors (Lipinski definition) is 1. The lowest BCUT2D eigenvalue weighted by Crippen LogP contribution is -2.21. The molecule has 0 radical (unpaired) electrons. The van der Waals surface area contributed by atoms with Gasteiger partial charge in [-0.05, 0) is 31.0 Å². The highest BCUT2D eigenvalue weighted by Crippen LogP contribution is 2.24. The van der Waals surface area contributed by atoms with Gasteiger partial charge >= 0.3 is 0 Å². The van der Waals surface area contributed by atoms with Gasteiger partial charge in [0.25, 0.3) is 0 Å². The molecule has 3 heteroatoms. The number of hydrogen-bond acceptors (Lipinski definition) is 1. The van der Waals surface area contributed by atoms with Crippen LogP contribution in [-0.2, 0) is 6.54 Å². The number of halogens is 1. The molecule has 0 aliphatic heterocycles. The van der Waals surface area contributed by atoms with E-state index < -0.39 is 0 Å². The molecule has 1 aliphatic carbocycles. The van der Waals surface area contributed by atoms with Crippen molar-refractivity contribution in [1.29, 1.82) is 0 Å². The zero-order valence-corrected chi connectivity index (χ0v) is 10.7. The molecule has 0 atom stereocenters. The summed E-state index contributed by atoms with van der Waals surface area (Å²) in [5.41, 5.74) is 1.31. The quantitative estimate of drug-likeness (QED) is 0.909. The van der Waals surface area contributed by atoms with Gasteiger partial charge in [-0.25, -0.2) is 0 Å². The third-order valence-corrected chi connectivity index (χ3v) is 3.82. The van der Waals surface area contributed by atoms with Crippen LogP contribution in [0.4, 0.5) is 0 Å². The van der Waals surface area contributed by atoms with Crippen LogP contribution < -0.4 is 5.32 Å². The van der Waals surface area contributed by atoms with E-state index in [1.165, 1.54) is 28.2 Å². The Bertz CT molecular complexity index is 500. The third kappa shape index (κ3) is 2.02. The molecule has 16 heavy (non-hydrogen) atoms. The van der Waals surface area contributed by atoms with Crippen LogP contribution in [0.3, 0.4) is 0 Å². The minimum Gasteiger partial charge on any atom is -0.346 e. The van der Waals surface area contributed by atoms with E-state index in [9.17, 15) is 0 Å². The summed E-state index contributed by atoms with van der Waals surface area (Å²) in [6.07, 6.45) is 4.89. The predicted octanol–water partition coefficient (Wildman–Crippen LogP) is 3.16. The van der Waals surface area contributed by atoms with E-state index in [2.05, 4.69) is 56.3 Å². The minimum absolute atomic E-state index is 0.800. The fourth-order valence-electron chi connectivity index (χ4n) is 2.06. The molecule has 1 aromatic carbocycles. The monoisotopic (exact) mass is 278 g/mol. The van der Waals surface area contributed by atoms with Gasteiger partial charge in [-0.3, -0.25) is 0 Å². The third-order valence-electron chi connectivity index (χ3n) is 3.12. The van der Waals surface area contributed by atoms with Crippen molar-refractivity contribution in [2.24, 2.45) is 0 Å². The van der Waals surface area contributed by atoms with Crippen molar-refractivity contribution in [3.05, 3.63) is 34.9 Å². The average Bonchev–Trinajstić information content (AvgIpc) is 3.00. The second-order valence-electron chi connectivity index (χ2n) is 4.41. The molecule has 1 N–H and O–H groups in total. The van der Waals surface area contributed by atoms with Crippen LogP contribution in [0.15, 0.2) is 34.9 Å². The first kappa shape index (κ1) is 10.4. The fourth-order valence-corrected chi connectivity index (χ4v) is 2.55. The molecule has 1 aromatic heterocycles. The Balaban J connectivity index is 1.77. The van der Waals surface area contributed by atoms with Crippen molar-refractivity contribution >= 4 is 26.8 Å². The SMILES string of the molecule is Brc1cccc2c1ccn2CCNC1CC1. The molecule has 1 saturated carbocycles. The fraction of sp³-hybridized carbons (Fsp3) is 0.385. The highest BCUT2D eigenvalue weighted by Gasteiger charge is 2.19. The van der Waals surface area contributed by atoms with Crippen LogP contribution in [0.5, 0.6) is 0 Å². The number of aromatic nitrogens is 1. The van der Waals surface area contributed by atoms with Crippen LogP contribution >= 0.6 is 15.9 Å². The Morgan fingerprint density at radius 2 is 2.19 bits per heavy atom. The van der Waals surface area contributed by atoms with E-state index in [1.54, 1.807) is 0 Å². The second-order valence-corrected chi connectivity index (χ2v) is 5.26. The number of nitrogens with zero attached hydrogens (tertiary/aromatic N) is 1. The Kier molecular flexibility index (Phi) is 2.74. The molecule has 0 bridgehead atoms. The highest BCUT2D eigenvalue weighted by atomic mass is 79.9. The van der Waals surface area contributed by atoms with Gasteiger partial charge in [-0.2, -0.15) is 0 Å². The summed E-state index contributed by atoms with van der Waals surface area (Å²) in [4.78, 5) is 0. The van der Waals surface area contributed by atoms with Crippen molar-refractivity contribution in [3.8, 4) is 0 Å². The smallest absolute Gasteiger partial charge is 0.0492 e. The topological polar surface area (TPSA) is 17.0 Å². The normalized spacial score (nSPS) is 15.8. The zero-order valence-electron chi connectivity index (χ0n) is 9.12. The molecule has 0 saturated heterocycles. The number of fused-ring (bicyclic) bond motifs is 1. The molecule has 0 spiro atoms. The minimum atomic E-state index is 0.800. The van der Waals surface area contributed by atoms with Crippen molar-refractivity contribution in [2.75, 3.05) is 6.54 Å². The lowest BCUT2D eigenvalue weighted by molar-refractivity contribution is 0.606. The van der Waals surface area contributed by atoms with E-state index in [4.69, 9.17) is 0 Å². The molecule has 0 unspecified atom stereocenters. The van der Waals surface area contributed by atoms with E-state index in [-0.39, 0.29) is 0 Å². The lowest BCUT2D eigenvalue weighted by Gasteiger charge is -2.06. The Morgan fingerprint density at radius 3 is 3.00 bits per heavy atom. The largest absolute Gasteiger partial charge is 0.346 e. The zero-order chi connectivity index (χ0) is 11.0. The van der Waals surface area contributed by atoms with Crippen LogP contribution in [0.2, 0.25) is 0 Å². The summed E-state index contributed by atoms with van der Waals surface area (Å²) in [7, 11) is 0. The first-order chi connectivity index (χ1) is 7.84. The van der Waals surface area contributed by atoms with Crippen molar-refractivity contribution in [2.45, 2.75) is 25.4 Å². The molecule has 84 valence electrons. The summed E-state index contributed by atoms with van der Waals surface area (Å²) in [5.74, 6) is 0. The Hall–Kier alpha value is -0.800. The van der Waals surface area contributed by atoms with Gasteiger partial charge in [0.05, 0.1) is 0 Å². The summed E-state index contributed by atoms with van der Waals surface area (Å²) in [6, 6.07) is 9.34. The summed E-state index contributed by atoms with van der Waals surface area (Å²) in [5, 5.41) is 4.84. The first-order valence-corrected chi connectivity index (χ1v) is 6.60. The van der Waals surface area contributed by atoms with Crippen molar-refractivity contribution in [1.82, 2.24) is 9.88 Å². The van der Waals surface area contributed by atoms with Crippen LogP contribution in [0.25, 0.3) is 10.9 Å². The van der Waals surface area contributed by atoms with E-state index in [0.717, 1.165) is 19.1 Å². The first-order valence-electron chi connectivity index (χ1n) is 5.81. The maximum absolute atomic E-state index is 3.58. The average molecular weight is 279 g/mol. The van der Waals surface area contributed by atoms with E-state index in [0.29, 0.717) is 0 Å². The maximum Gasteiger partial charge on any atom is 0.0492 e. The predicted molar refractivity (Wildman–Crippen MR) is 70.7 cm³/mol. The van der Waals surface area contributed by atoms with Gasteiger partial charge in [0, 0.05) is 40.7 Å². The number of rotatable bonds is 4. The molecule has 0 amide bonds. The lowest BCUT2D eigenvalue weighted by atomic mass is 10.2. The molecule has 1 aliphatic rings. The van der Waals surface area contributed by atoms with E-state index >= 15 is 0 Å². The molecule has 3 rings (SSSR count). The van der Waals surface area contributed by atoms with Crippen molar-refractivity contribution in [3.63, 3.8) is 0 Å². The molecule has 2 aromatic rings. The Morgan fingerprint density at radius 1 is 1.31 bits per heavy atom. The van der Waals surface area contributed by atoms with Gasteiger partial charge < -0.3 is 9.88 Å². The number of benzene rings is 1. The number of nitrogens with one attached hydrogen (secondary N) is 1. The van der Waals surface area contributed by atoms with Gasteiger partial charge in [-0.1, -0.05) is 22.0 Å². The highest BCUT2D eigenvalue weighted by molar-refractivity contribution is 9.10. The van der Waals surface area contributed by atoms with E-state index in [1.807, 2.05) is 0 Å². The molecular weight excluding hydrogens is 264 g/mol. The van der Waals surface area contributed by atoms with Gasteiger partial charge in [0.2, 0.25) is 0 Å². The van der Waals surface area contributed by atoms with Crippen LogP contribution in [0.1, 0.15) is 12.8 Å². The maximum atomic E-state index is 3.58. The van der Waals surface area contributed by atoms with Crippen LogP contribution in [0, 0.1) is 0 Å². The molecular formula is C13H15BrN2. The summed E-state index contributed by atoms with van der Waals surface area (Å²) in [6.45, 7) is 2.12. The second kappa shape index (κ2) is 4.22. The van der Waals surface area contributed by atoms with Gasteiger partial charge in [0.15, 0.2) is 0 Å².